The number of hydrogen-bond donors (Lipinski definition) is 2. The van der Waals surface area contributed by atoms with Crippen LogP contribution in [0.4, 0.5) is 0 Å². The Kier molecular flexibility index (Phi) is 6.08. The van der Waals surface area contributed by atoms with E-state index < -0.39 is 11.9 Å². The van der Waals surface area contributed by atoms with Gasteiger partial charge in [0.05, 0.1) is 17.7 Å². The molecule has 2 aromatic rings. The van der Waals surface area contributed by atoms with E-state index in [1.165, 1.54) is 0 Å². The van der Waals surface area contributed by atoms with Gasteiger partial charge in [0.25, 0.3) is 0 Å². The largest absolute Gasteiger partial charge is 0.478 e. The van der Waals surface area contributed by atoms with Crippen LogP contribution in [0.1, 0.15) is 34.0 Å². The number of rotatable bonds is 6. The predicted octanol–water partition coefficient (Wildman–Crippen LogP) is 3.13. The van der Waals surface area contributed by atoms with E-state index in [-0.39, 0.29) is 24.3 Å². The molecule has 0 atom stereocenters. The highest BCUT2D eigenvalue weighted by Crippen LogP contribution is 2.30. The van der Waals surface area contributed by atoms with Gasteiger partial charge >= 0.3 is 11.9 Å². The van der Waals surface area contributed by atoms with E-state index in [4.69, 9.17) is 10.5 Å². The lowest BCUT2D eigenvalue weighted by molar-refractivity contribution is -0.136. The quantitative estimate of drug-likeness (QED) is 0.479. The molecule has 0 saturated carbocycles. The summed E-state index contributed by atoms with van der Waals surface area (Å²) < 4.78 is 5.19. The topological polar surface area (TPSA) is 89.6 Å². The third-order valence-corrected chi connectivity index (χ3v) is 3.86. The summed E-state index contributed by atoms with van der Waals surface area (Å²) in [6.45, 7) is 3.66. The van der Waals surface area contributed by atoms with Crippen LogP contribution in [0.3, 0.4) is 0 Å². The van der Waals surface area contributed by atoms with Gasteiger partial charge < -0.3 is 15.6 Å². The van der Waals surface area contributed by atoms with Crippen LogP contribution in [-0.4, -0.2) is 30.2 Å². The molecule has 0 spiro atoms. The predicted molar refractivity (Wildman–Crippen MR) is 97.1 cm³/mol. The Morgan fingerprint density at radius 1 is 1.08 bits per heavy atom. The van der Waals surface area contributed by atoms with Gasteiger partial charge in [-0.25, -0.2) is 9.59 Å². The molecule has 25 heavy (non-hydrogen) atoms. The highest BCUT2D eigenvalue weighted by Gasteiger charge is 2.25. The summed E-state index contributed by atoms with van der Waals surface area (Å²) in [5.41, 5.74) is 8.38. The van der Waals surface area contributed by atoms with Gasteiger partial charge in [0.2, 0.25) is 0 Å². The number of nitrogens with two attached hydrogens (primary N) is 1. The number of benzene rings is 2. The summed E-state index contributed by atoms with van der Waals surface area (Å²) in [7, 11) is 0. The van der Waals surface area contributed by atoms with Gasteiger partial charge in [0, 0.05) is 12.1 Å². The van der Waals surface area contributed by atoms with Gasteiger partial charge in [-0.2, -0.15) is 0 Å². The molecule has 0 aliphatic heterocycles. The fourth-order valence-corrected chi connectivity index (χ4v) is 2.76. The standard InChI is InChI=1S/C20H21NO4/c1-3-25-20(24)18(16(12-21)14-9-5-4-6-10-14)15-11-7-8-13(2)17(15)19(22)23/h4-11H,3,12,21H2,1-2H3,(H,22,23). The Morgan fingerprint density at radius 3 is 2.32 bits per heavy atom. The molecule has 0 amide bonds. The summed E-state index contributed by atoms with van der Waals surface area (Å²) in [4.78, 5) is 24.4. The lowest BCUT2D eigenvalue weighted by Crippen LogP contribution is -2.16. The summed E-state index contributed by atoms with van der Waals surface area (Å²) in [5, 5.41) is 9.63. The molecule has 0 aliphatic carbocycles. The Hall–Kier alpha value is -2.92. The SMILES string of the molecule is CCOC(=O)C(=C(CN)c1ccccc1)c1cccc(C)c1C(=O)O. The van der Waals surface area contributed by atoms with Crippen molar-refractivity contribution in [1.29, 1.82) is 0 Å². The molecule has 0 saturated heterocycles. The van der Waals surface area contributed by atoms with E-state index in [0.717, 1.165) is 5.56 Å². The van der Waals surface area contributed by atoms with Crippen LogP contribution in [0.25, 0.3) is 11.1 Å². The molecule has 0 heterocycles. The maximum atomic E-state index is 12.7. The van der Waals surface area contributed by atoms with Gasteiger partial charge in [-0.05, 0) is 30.5 Å². The molecular formula is C20H21NO4. The summed E-state index contributed by atoms with van der Waals surface area (Å²) in [6, 6.07) is 14.2. The third kappa shape index (κ3) is 3.95. The number of esters is 1. The minimum Gasteiger partial charge on any atom is -0.478 e. The second-order valence-corrected chi connectivity index (χ2v) is 5.45. The van der Waals surface area contributed by atoms with E-state index >= 15 is 0 Å². The zero-order chi connectivity index (χ0) is 18.4. The third-order valence-electron chi connectivity index (χ3n) is 3.86. The smallest absolute Gasteiger partial charge is 0.339 e. The Labute approximate surface area is 146 Å². The molecule has 0 aliphatic rings. The van der Waals surface area contributed by atoms with Crippen molar-refractivity contribution < 1.29 is 19.4 Å². The molecule has 2 aromatic carbocycles. The Balaban J connectivity index is 2.83. The molecule has 130 valence electrons. The Bertz CT molecular complexity index is 810. The normalized spacial score (nSPS) is 11.6. The van der Waals surface area contributed by atoms with Crippen LogP contribution in [-0.2, 0) is 9.53 Å². The van der Waals surface area contributed by atoms with Crippen molar-refractivity contribution in [2.75, 3.05) is 13.2 Å². The number of aromatic carboxylic acids is 1. The van der Waals surface area contributed by atoms with E-state index in [2.05, 4.69) is 0 Å². The highest BCUT2D eigenvalue weighted by atomic mass is 16.5. The summed E-state index contributed by atoms with van der Waals surface area (Å²) in [5.74, 6) is -1.68. The van der Waals surface area contributed by atoms with Crippen molar-refractivity contribution in [3.8, 4) is 0 Å². The summed E-state index contributed by atoms with van der Waals surface area (Å²) in [6.07, 6.45) is 0. The molecule has 2 rings (SSSR count). The van der Waals surface area contributed by atoms with Gasteiger partial charge in [-0.15, -0.1) is 0 Å². The van der Waals surface area contributed by atoms with Crippen LogP contribution in [0.5, 0.6) is 0 Å². The van der Waals surface area contributed by atoms with Crippen molar-refractivity contribution in [2.24, 2.45) is 5.73 Å². The van der Waals surface area contributed by atoms with Crippen LogP contribution >= 0.6 is 0 Å². The molecule has 0 radical (unpaired) electrons. The fourth-order valence-electron chi connectivity index (χ4n) is 2.76. The van der Waals surface area contributed by atoms with Crippen LogP contribution < -0.4 is 5.73 Å². The number of hydrogen-bond acceptors (Lipinski definition) is 4. The first-order valence-electron chi connectivity index (χ1n) is 8.00. The average molecular weight is 339 g/mol. The first-order valence-corrected chi connectivity index (χ1v) is 8.00. The molecule has 5 heteroatoms. The lowest BCUT2D eigenvalue weighted by Gasteiger charge is -2.17. The van der Waals surface area contributed by atoms with Gasteiger partial charge in [-0.1, -0.05) is 48.5 Å². The number of aryl methyl sites for hydroxylation is 1. The first-order chi connectivity index (χ1) is 12.0. The molecule has 0 fully saturated rings. The number of carboxylic acids is 1. The maximum absolute atomic E-state index is 12.7. The minimum absolute atomic E-state index is 0.0746. The minimum atomic E-state index is -1.10. The van der Waals surface area contributed by atoms with Gasteiger partial charge in [0.15, 0.2) is 0 Å². The number of carbonyl (C=O) groups is 2. The summed E-state index contributed by atoms with van der Waals surface area (Å²) >= 11 is 0. The van der Waals surface area contributed by atoms with Crippen molar-refractivity contribution in [2.45, 2.75) is 13.8 Å². The van der Waals surface area contributed by atoms with Crippen molar-refractivity contribution >= 4 is 23.1 Å². The maximum Gasteiger partial charge on any atom is 0.339 e. The molecular weight excluding hydrogens is 318 g/mol. The zero-order valence-electron chi connectivity index (χ0n) is 14.3. The first kappa shape index (κ1) is 18.4. The van der Waals surface area contributed by atoms with E-state index in [1.54, 1.807) is 32.0 Å². The average Bonchev–Trinajstić information content (AvgIpc) is 2.59. The zero-order valence-corrected chi connectivity index (χ0v) is 14.3. The lowest BCUT2D eigenvalue weighted by atomic mass is 9.90. The van der Waals surface area contributed by atoms with Crippen molar-refractivity contribution in [3.05, 3.63) is 70.8 Å². The van der Waals surface area contributed by atoms with Gasteiger partial charge in [0.1, 0.15) is 0 Å². The molecule has 0 bridgehead atoms. The van der Waals surface area contributed by atoms with Gasteiger partial charge in [-0.3, -0.25) is 0 Å². The molecule has 5 nitrogen and oxygen atoms in total. The van der Waals surface area contributed by atoms with E-state index in [0.29, 0.717) is 16.7 Å². The monoisotopic (exact) mass is 339 g/mol. The molecule has 3 N–H and O–H groups in total. The second kappa shape index (κ2) is 8.26. The molecule has 0 unspecified atom stereocenters. The number of carboxylic acid groups (broad SMARTS) is 1. The van der Waals surface area contributed by atoms with Crippen LogP contribution in [0.2, 0.25) is 0 Å². The number of ether oxygens (including phenoxy) is 1. The van der Waals surface area contributed by atoms with Crippen LogP contribution in [0.15, 0.2) is 48.5 Å². The van der Waals surface area contributed by atoms with Crippen LogP contribution in [0, 0.1) is 6.92 Å². The van der Waals surface area contributed by atoms with Crippen molar-refractivity contribution in [3.63, 3.8) is 0 Å². The molecule has 0 aromatic heterocycles. The van der Waals surface area contributed by atoms with E-state index in [9.17, 15) is 14.7 Å². The van der Waals surface area contributed by atoms with E-state index in [1.807, 2.05) is 30.3 Å². The highest BCUT2D eigenvalue weighted by molar-refractivity contribution is 6.26. The van der Waals surface area contributed by atoms with Crippen molar-refractivity contribution in [1.82, 2.24) is 0 Å². The Morgan fingerprint density at radius 2 is 1.76 bits per heavy atom. The fraction of sp³-hybridized carbons (Fsp3) is 0.200. The number of carbonyl (C=O) groups excluding carboxylic acids is 1. The second-order valence-electron chi connectivity index (χ2n) is 5.45.